The fourth-order valence-corrected chi connectivity index (χ4v) is 2.31. The fraction of sp³-hybridized carbons (Fsp3) is 0.533. The van der Waals surface area contributed by atoms with Crippen LogP contribution in [0.1, 0.15) is 18.4 Å². The maximum Gasteiger partial charge on any atom is 0.309 e. The Labute approximate surface area is 121 Å². The smallest absolute Gasteiger partial charge is 0.309 e. The van der Waals surface area contributed by atoms with Gasteiger partial charge < -0.3 is 9.47 Å². The van der Waals surface area contributed by atoms with Crippen molar-refractivity contribution in [2.24, 2.45) is 11.8 Å². The van der Waals surface area contributed by atoms with Crippen LogP contribution in [0.2, 0.25) is 0 Å². The molecule has 6 heteroatoms. The number of hydrogen-bond acceptors (Lipinski definition) is 3. The number of alkyl halides is 3. The Morgan fingerprint density at radius 1 is 1.24 bits per heavy atom. The van der Waals surface area contributed by atoms with Crippen LogP contribution in [0, 0.1) is 11.8 Å². The second-order valence-corrected chi connectivity index (χ2v) is 5.16. The first-order chi connectivity index (χ1) is 10.0. The lowest BCUT2D eigenvalue weighted by Crippen LogP contribution is -2.39. The van der Waals surface area contributed by atoms with Crippen molar-refractivity contribution >= 4 is 5.97 Å². The molecule has 0 heterocycles. The van der Waals surface area contributed by atoms with Crippen molar-refractivity contribution in [3.8, 4) is 5.75 Å². The molecule has 1 fully saturated rings. The molecule has 0 radical (unpaired) electrons. The van der Waals surface area contributed by atoms with Crippen LogP contribution in [0.5, 0.6) is 5.75 Å². The van der Waals surface area contributed by atoms with Crippen LogP contribution in [-0.4, -0.2) is 25.7 Å². The fourth-order valence-electron chi connectivity index (χ4n) is 2.31. The molecule has 0 bridgehead atoms. The van der Waals surface area contributed by atoms with Gasteiger partial charge in [0.25, 0.3) is 6.43 Å². The zero-order chi connectivity index (χ0) is 15.4. The zero-order valence-corrected chi connectivity index (χ0v) is 11.6. The summed E-state index contributed by atoms with van der Waals surface area (Å²) in [5.74, 6) is -0.954. The Morgan fingerprint density at radius 3 is 2.38 bits per heavy atom. The summed E-state index contributed by atoms with van der Waals surface area (Å²) in [6, 6.07) is 7.03. The number of carbonyl (C=O) groups is 1. The minimum absolute atomic E-state index is 0.109. The van der Waals surface area contributed by atoms with E-state index in [9.17, 15) is 18.0 Å². The van der Waals surface area contributed by atoms with Gasteiger partial charge in [-0.2, -0.15) is 0 Å². The molecule has 3 nitrogen and oxygen atoms in total. The summed E-state index contributed by atoms with van der Waals surface area (Å²) in [6.45, 7) is 0.109. The Bertz CT molecular complexity index is 470. The molecule has 1 aromatic rings. The monoisotopic (exact) mass is 302 g/mol. The third-order valence-electron chi connectivity index (χ3n) is 3.74. The van der Waals surface area contributed by atoms with Crippen LogP contribution < -0.4 is 4.74 Å². The van der Waals surface area contributed by atoms with E-state index in [0.717, 1.165) is 5.56 Å². The topological polar surface area (TPSA) is 35.5 Å². The first-order valence-electron chi connectivity index (χ1n) is 6.73. The minimum atomic E-state index is -2.98. The molecule has 21 heavy (non-hydrogen) atoms. The lowest BCUT2D eigenvalue weighted by Gasteiger charge is -2.35. The standard InChI is InChI=1S/C15H17F3O3/c1-20-12-4-2-9(3-5-12)8-21-15(19)11-6-10(7-11)13(16)14(17)18/h2-5,10-11,13-14H,6-8H2,1H3. The molecule has 0 saturated heterocycles. The quantitative estimate of drug-likeness (QED) is 0.756. The van der Waals surface area contributed by atoms with E-state index in [1.165, 1.54) is 0 Å². The van der Waals surface area contributed by atoms with Gasteiger partial charge in [-0.3, -0.25) is 4.79 Å². The highest BCUT2D eigenvalue weighted by molar-refractivity contribution is 5.73. The molecular formula is C15H17F3O3. The normalized spacial score (nSPS) is 22.5. The lowest BCUT2D eigenvalue weighted by molar-refractivity contribution is -0.157. The Morgan fingerprint density at radius 2 is 1.86 bits per heavy atom. The Kier molecular flexibility index (Phi) is 5.09. The van der Waals surface area contributed by atoms with E-state index in [4.69, 9.17) is 9.47 Å². The molecule has 0 amide bonds. The van der Waals surface area contributed by atoms with Crippen molar-refractivity contribution in [1.82, 2.24) is 0 Å². The van der Waals surface area contributed by atoms with Crippen molar-refractivity contribution < 1.29 is 27.4 Å². The molecular weight excluding hydrogens is 285 g/mol. The SMILES string of the molecule is COc1ccc(COC(=O)C2CC(C(F)C(F)F)C2)cc1. The number of ether oxygens (including phenoxy) is 2. The minimum Gasteiger partial charge on any atom is -0.497 e. The average molecular weight is 302 g/mol. The maximum absolute atomic E-state index is 13.0. The highest BCUT2D eigenvalue weighted by atomic mass is 19.3. The molecule has 1 aliphatic carbocycles. The number of carbonyl (C=O) groups excluding carboxylic acids is 1. The molecule has 0 spiro atoms. The van der Waals surface area contributed by atoms with Crippen molar-refractivity contribution in [2.45, 2.75) is 32.0 Å². The number of methoxy groups -OCH3 is 1. The van der Waals surface area contributed by atoms with Crippen molar-refractivity contribution in [1.29, 1.82) is 0 Å². The van der Waals surface area contributed by atoms with E-state index in [1.807, 2.05) is 0 Å². The molecule has 1 atom stereocenters. The molecule has 1 aliphatic rings. The van der Waals surface area contributed by atoms with Crippen molar-refractivity contribution in [2.75, 3.05) is 7.11 Å². The molecule has 0 aromatic heterocycles. The van der Waals surface area contributed by atoms with Crippen LogP contribution in [0.4, 0.5) is 13.2 Å². The van der Waals surface area contributed by atoms with Gasteiger partial charge in [0.15, 0.2) is 6.17 Å². The van der Waals surface area contributed by atoms with E-state index in [2.05, 4.69) is 0 Å². The first kappa shape index (κ1) is 15.7. The lowest BCUT2D eigenvalue weighted by atomic mass is 9.72. The summed E-state index contributed by atoms with van der Waals surface area (Å²) in [6.07, 6.45) is -4.86. The highest BCUT2D eigenvalue weighted by Gasteiger charge is 2.43. The summed E-state index contributed by atoms with van der Waals surface area (Å²) in [5, 5.41) is 0. The first-order valence-corrected chi connectivity index (χ1v) is 6.73. The van der Waals surface area contributed by atoms with Gasteiger partial charge in [-0.1, -0.05) is 12.1 Å². The van der Waals surface area contributed by atoms with E-state index < -0.39 is 30.4 Å². The van der Waals surface area contributed by atoms with Crippen LogP contribution in [0.25, 0.3) is 0 Å². The molecule has 116 valence electrons. The second-order valence-electron chi connectivity index (χ2n) is 5.16. The van der Waals surface area contributed by atoms with Gasteiger partial charge in [-0.25, -0.2) is 13.2 Å². The summed E-state index contributed by atoms with van der Waals surface area (Å²) in [4.78, 5) is 11.7. The van der Waals surface area contributed by atoms with Gasteiger partial charge in [0, 0.05) is 0 Å². The van der Waals surface area contributed by atoms with Gasteiger partial charge in [-0.05, 0) is 36.5 Å². The van der Waals surface area contributed by atoms with E-state index in [-0.39, 0.29) is 19.4 Å². The van der Waals surface area contributed by atoms with Crippen LogP contribution >= 0.6 is 0 Å². The van der Waals surface area contributed by atoms with Crippen LogP contribution in [0.3, 0.4) is 0 Å². The molecule has 1 saturated carbocycles. The van der Waals surface area contributed by atoms with Gasteiger partial charge in [0.2, 0.25) is 0 Å². The third-order valence-corrected chi connectivity index (χ3v) is 3.74. The van der Waals surface area contributed by atoms with Crippen molar-refractivity contribution in [3.63, 3.8) is 0 Å². The van der Waals surface area contributed by atoms with Gasteiger partial charge >= 0.3 is 5.97 Å². The Balaban J connectivity index is 1.73. The van der Waals surface area contributed by atoms with Gasteiger partial charge in [0.05, 0.1) is 13.0 Å². The number of halogens is 3. The molecule has 1 aromatic carbocycles. The van der Waals surface area contributed by atoms with E-state index in [0.29, 0.717) is 5.75 Å². The van der Waals surface area contributed by atoms with Crippen molar-refractivity contribution in [3.05, 3.63) is 29.8 Å². The number of rotatable bonds is 6. The summed E-state index contributed by atoms with van der Waals surface area (Å²) in [5.41, 5.74) is 0.802. The van der Waals surface area contributed by atoms with Crippen LogP contribution in [-0.2, 0) is 16.1 Å². The van der Waals surface area contributed by atoms with Gasteiger partial charge in [-0.15, -0.1) is 0 Å². The molecule has 2 rings (SSSR count). The Hall–Kier alpha value is -1.72. The van der Waals surface area contributed by atoms with E-state index >= 15 is 0 Å². The largest absolute Gasteiger partial charge is 0.497 e. The predicted octanol–water partition coefficient (Wildman–Crippen LogP) is 3.37. The second kappa shape index (κ2) is 6.83. The molecule has 0 N–H and O–H groups in total. The zero-order valence-electron chi connectivity index (χ0n) is 11.6. The highest BCUT2D eigenvalue weighted by Crippen LogP contribution is 2.40. The average Bonchev–Trinajstić information content (AvgIpc) is 2.43. The van der Waals surface area contributed by atoms with E-state index in [1.54, 1.807) is 31.4 Å². The third kappa shape index (κ3) is 3.89. The molecule has 0 aliphatic heterocycles. The predicted molar refractivity (Wildman–Crippen MR) is 69.9 cm³/mol. The van der Waals surface area contributed by atoms with Crippen LogP contribution in [0.15, 0.2) is 24.3 Å². The summed E-state index contributed by atoms with van der Waals surface area (Å²) in [7, 11) is 1.56. The number of hydrogen-bond donors (Lipinski definition) is 0. The number of esters is 1. The summed E-state index contributed by atoms with van der Waals surface area (Å²) < 4.78 is 47.4. The molecule has 1 unspecified atom stereocenters. The number of benzene rings is 1. The maximum atomic E-state index is 13.0. The summed E-state index contributed by atoms with van der Waals surface area (Å²) >= 11 is 0. The van der Waals surface area contributed by atoms with Gasteiger partial charge in [0.1, 0.15) is 12.4 Å².